The molecule has 2 N–H and O–H groups in total. The van der Waals surface area contributed by atoms with Crippen molar-refractivity contribution in [3.05, 3.63) is 29.8 Å². The molecule has 0 aliphatic carbocycles. The number of halogens is 1. The lowest BCUT2D eigenvalue weighted by Gasteiger charge is -2.12. The van der Waals surface area contributed by atoms with Crippen LogP contribution in [-0.4, -0.2) is 17.0 Å². The first-order valence-corrected chi connectivity index (χ1v) is 6.40. The monoisotopic (exact) mass is 261 g/mol. The molecule has 0 saturated heterocycles. The van der Waals surface area contributed by atoms with Crippen LogP contribution in [0.15, 0.2) is 29.2 Å². The maximum Gasteiger partial charge on any atom is 0.0357 e. The zero-order chi connectivity index (χ0) is 11.1. The molecule has 92 valence electrons. The summed E-state index contributed by atoms with van der Waals surface area (Å²) in [5.74, 6) is 1.11. The van der Waals surface area contributed by atoms with Crippen LogP contribution in [0.25, 0.3) is 0 Å². The Morgan fingerprint density at radius 3 is 2.31 bits per heavy atom. The molecule has 0 amide bonds. The molecule has 2 nitrogen and oxygen atoms in total. The average molecular weight is 262 g/mol. The summed E-state index contributed by atoms with van der Waals surface area (Å²) in [5.41, 5.74) is 3.60. The molecule has 0 aliphatic heterocycles. The molecule has 16 heavy (non-hydrogen) atoms. The van der Waals surface area contributed by atoms with Crippen LogP contribution in [0, 0.1) is 0 Å². The predicted molar refractivity (Wildman–Crippen MR) is 72.8 cm³/mol. The molecular weight excluding hydrogens is 242 g/mol. The molecule has 0 saturated carbocycles. The molecule has 4 heteroatoms. The van der Waals surface area contributed by atoms with Crippen LogP contribution in [0.5, 0.6) is 0 Å². The van der Waals surface area contributed by atoms with Crippen molar-refractivity contribution in [2.45, 2.75) is 37.6 Å². The minimum Gasteiger partial charge on any atom is -0.317 e. The highest BCUT2D eigenvalue weighted by Gasteiger charge is 2.05. The van der Waals surface area contributed by atoms with E-state index < -0.39 is 0 Å². The molecule has 1 rings (SSSR count). The number of hydroxylamine groups is 1. The fourth-order valence-corrected chi connectivity index (χ4v) is 2.12. The minimum atomic E-state index is 0. The first-order chi connectivity index (χ1) is 7.30. The molecule has 0 heterocycles. The Kier molecular flexibility index (Phi) is 8.76. The van der Waals surface area contributed by atoms with Crippen LogP contribution in [0.3, 0.4) is 0 Å². The molecule has 0 bridgehead atoms. The van der Waals surface area contributed by atoms with Crippen molar-refractivity contribution in [3.63, 3.8) is 0 Å². The standard InChI is InChI=1S/C12H19NOS.ClH/c1-3-11(13-14)9-10-5-7-12(8-6-10)15-4-2;/h5-8,11,13-14H,3-4,9H2,1-2H3;1H. The van der Waals surface area contributed by atoms with E-state index in [0.717, 1.165) is 18.6 Å². The van der Waals surface area contributed by atoms with Gasteiger partial charge in [-0.15, -0.1) is 24.2 Å². The van der Waals surface area contributed by atoms with Gasteiger partial charge < -0.3 is 5.21 Å². The molecule has 0 aliphatic rings. The van der Waals surface area contributed by atoms with Crippen molar-refractivity contribution in [2.24, 2.45) is 0 Å². The Morgan fingerprint density at radius 2 is 1.88 bits per heavy atom. The van der Waals surface area contributed by atoms with Crippen LogP contribution in [0.4, 0.5) is 0 Å². The molecule has 0 radical (unpaired) electrons. The number of hydrogen-bond donors (Lipinski definition) is 2. The summed E-state index contributed by atoms with van der Waals surface area (Å²) in [6.07, 6.45) is 1.81. The number of benzene rings is 1. The smallest absolute Gasteiger partial charge is 0.0357 e. The van der Waals surface area contributed by atoms with Crippen molar-refractivity contribution in [1.29, 1.82) is 0 Å². The maximum absolute atomic E-state index is 8.87. The second-order valence-corrected chi connectivity index (χ2v) is 4.85. The van der Waals surface area contributed by atoms with E-state index in [9.17, 15) is 0 Å². The van der Waals surface area contributed by atoms with Gasteiger partial charge in [-0.1, -0.05) is 26.0 Å². The minimum absolute atomic E-state index is 0. The van der Waals surface area contributed by atoms with Gasteiger partial charge in [0.15, 0.2) is 0 Å². The quantitative estimate of drug-likeness (QED) is 0.607. The Labute approximate surface area is 108 Å². The molecular formula is C12H20ClNOS. The summed E-state index contributed by atoms with van der Waals surface area (Å²) in [4.78, 5) is 1.31. The highest BCUT2D eigenvalue weighted by Crippen LogP contribution is 2.18. The lowest BCUT2D eigenvalue weighted by atomic mass is 10.1. The van der Waals surface area contributed by atoms with Crippen LogP contribution in [0.2, 0.25) is 0 Å². The average Bonchev–Trinajstić information content (AvgIpc) is 2.28. The lowest BCUT2D eigenvalue weighted by Crippen LogP contribution is -2.27. The van der Waals surface area contributed by atoms with Gasteiger partial charge in [0.2, 0.25) is 0 Å². The predicted octanol–water partition coefficient (Wildman–Crippen LogP) is 3.52. The zero-order valence-corrected chi connectivity index (χ0v) is 11.4. The Bertz CT molecular complexity index is 275. The van der Waals surface area contributed by atoms with Crippen molar-refractivity contribution in [3.8, 4) is 0 Å². The lowest BCUT2D eigenvalue weighted by molar-refractivity contribution is 0.123. The number of nitrogens with one attached hydrogen (secondary N) is 1. The number of thioether (sulfide) groups is 1. The normalized spacial score (nSPS) is 11.9. The van der Waals surface area contributed by atoms with Gasteiger partial charge >= 0.3 is 0 Å². The van der Waals surface area contributed by atoms with E-state index in [0.29, 0.717) is 0 Å². The highest BCUT2D eigenvalue weighted by molar-refractivity contribution is 7.99. The molecule has 1 aromatic carbocycles. The number of rotatable bonds is 6. The Morgan fingerprint density at radius 1 is 1.25 bits per heavy atom. The molecule has 0 fully saturated rings. The first-order valence-electron chi connectivity index (χ1n) is 5.41. The van der Waals surface area contributed by atoms with E-state index >= 15 is 0 Å². The van der Waals surface area contributed by atoms with E-state index in [1.165, 1.54) is 10.5 Å². The topological polar surface area (TPSA) is 32.3 Å². The van der Waals surface area contributed by atoms with Gasteiger partial charge in [0.1, 0.15) is 0 Å². The second kappa shape index (κ2) is 8.88. The van der Waals surface area contributed by atoms with Crippen LogP contribution in [0.1, 0.15) is 25.8 Å². The fraction of sp³-hybridized carbons (Fsp3) is 0.500. The van der Waals surface area contributed by atoms with Gasteiger partial charge in [-0.25, -0.2) is 5.48 Å². The van der Waals surface area contributed by atoms with Crippen molar-refractivity contribution in [2.75, 3.05) is 5.75 Å². The largest absolute Gasteiger partial charge is 0.317 e. The maximum atomic E-state index is 8.87. The summed E-state index contributed by atoms with van der Waals surface area (Å²) >= 11 is 1.85. The Balaban J connectivity index is 0.00000225. The van der Waals surface area contributed by atoms with E-state index in [1.54, 1.807) is 0 Å². The summed E-state index contributed by atoms with van der Waals surface area (Å²) in [7, 11) is 0. The molecule has 0 spiro atoms. The fourth-order valence-electron chi connectivity index (χ4n) is 1.45. The first kappa shape index (κ1) is 15.8. The van der Waals surface area contributed by atoms with Crippen LogP contribution < -0.4 is 5.48 Å². The summed E-state index contributed by atoms with van der Waals surface area (Å²) in [6.45, 7) is 4.22. The van der Waals surface area contributed by atoms with Crippen molar-refractivity contribution in [1.82, 2.24) is 5.48 Å². The second-order valence-electron chi connectivity index (χ2n) is 3.52. The van der Waals surface area contributed by atoms with Gasteiger partial charge in [0.05, 0.1) is 0 Å². The SMILES string of the molecule is CCSc1ccc(CC(CC)NO)cc1.Cl. The van der Waals surface area contributed by atoms with E-state index in [-0.39, 0.29) is 18.4 Å². The third-order valence-electron chi connectivity index (χ3n) is 2.39. The molecule has 1 aromatic rings. The van der Waals surface area contributed by atoms with Crippen molar-refractivity contribution < 1.29 is 5.21 Å². The van der Waals surface area contributed by atoms with E-state index in [2.05, 4.69) is 43.6 Å². The van der Waals surface area contributed by atoms with Gasteiger partial charge in [-0.2, -0.15) is 0 Å². The summed E-state index contributed by atoms with van der Waals surface area (Å²) in [5, 5.41) is 8.87. The van der Waals surface area contributed by atoms with Crippen LogP contribution in [-0.2, 0) is 6.42 Å². The Hall–Kier alpha value is -0.220. The molecule has 1 unspecified atom stereocenters. The molecule has 1 atom stereocenters. The van der Waals surface area contributed by atoms with E-state index in [1.807, 2.05) is 11.8 Å². The van der Waals surface area contributed by atoms with Gasteiger partial charge in [0.25, 0.3) is 0 Å². The zero-order valence-electron chi connectivity index (χ0n) is 9.77. The van der Waals surface area contributed by atoms with Crippen molar-refractivity contribution >= 4 is 24.2 Å². The summed E-state index contributed by atoms with van der Waals surface area (Å²) < 4.78 is 0. The van der Waals surface area contributed by atoms with Gasteiger partial charge in [-0.05, 0) is 36.3 Å². The molecule has 0 aromatic heterocycles. The third-order valence-corrected chi connectivity index (χ3v) is 3.29. The van der Waals surface area contributed by atoms with Gasteiger partial charge in [0, 0.05) is 10.9 Å². The number of hydrogen-bond acceptors (Lipinski definition) is 3. The van der Waals surface area contributed by atoms with Gasteiger partial charge in [-0.3, -0.25) is 0 Å². The highest BCUT2D eigenvalue weighted by atomic mass is 35.5. The van der Waals surface area contributed by atoms with Crippen LogP contribution >= 0.6 is 24.2 Å². The van der Waals surface area contributed by atoms with E-state index in [4.69, 9.17) is 5.21 Å². The summed E-state index contributed by atoms with van der Waals surface area (Å²) in [6, 6.07) is 8.73. The third kappa shape index (κ3) is 5.21.